The summed E-state index contributed by atoms with van der Waals surface area (Å²) in [6.45, 7) is 2.69. The molecule has 1 aliphatic heterocycles. The average molecular weight is 313 g/mol. The Morgan fingerprint density at radius 3 is 2.83 bits per heavy atom. The molecule has 120 valence electrons. The molecular formula is C17H19N3O3. The smallest absolute Gasteiger partial charge is 0.317 e. The highest BCUT2D eigenvalue weighted by Gasteiger charge is 2.42. The van der Waals surface area contributed by atoms with Crippen LogP contribution in [0.3, 0.4) is 0 Å². The molecule has 1 saturated heterocycles. The minimum Gasteiger partial charge on any atom is -0.481 e. The molecule has 6 nitrogen and oxygen atoms in total. The minimum absolute atomic E-state index is 0.235. The van der Waals surface area contributed by atoms with Crippen molar-refractivity contribution >= 4 is 22.9 Å². The van der Waals surface area contributed by atoms with E-state index < -0.39 is 11.4 Å². The van der Waals surface area contributed by atoms with E-state index in [2.05, 4.69) is 10.3 Å². The largest absolute Gasteiger partial charge is 0.481 e. The number of fused-ring (bicyclic) bond motifs is 1. The third kappa shape index (κ3) is 3.11. The third-order valence-corrected chi connectivity index (χ3v) is 4.35. The second-order valence-electron chi connectivity index (χ2n) is 6.19. The lowest BCUT2D eigenvalue weighted by Crippen LogP contribution is -2.40. The average Bonchev–Trinajstić information content (AvgIpc) is 2.96. The lowest BCUT2D eigenvalue weighted by Gasteiger charge is -2.20. The number of pyridine rings is 1. The second kappa shape index (κ2) is 5.87. The van der Waals surface area contributed by atoms with Crippen LogP contribution in [0.5, 0.6) is 0 Å². The van der Waals surface area contributed by atoms with E-state index >= 15 is 0 Å². The van der Waals surface area contributed by atoms with Gasteiger partial charge >= 0.3 is 12.0 Å². The Hall–Kier alpha value is -2.63. The summed E-state index contributed by atoms with van der Waals surface area (Å²) in [5.41, 5.74) is 0.814. The molecule has 1 fully saturated rings. The molecule has 2 N–H and O–H groups in total. The number of amides is 2. The standard InChI is InChI=1S/C17H19N3O3/c1-17(15(21)22)8-9-20(11-17)16(23)18-10-13-7-6-12-4-2-3-5-14(12)19-13/h2-7H,8-11H2,1H3,(H,18,23)(H,21,22). The molecule has 0 radical (unpaired) electrons. The molecule has 2 aromatic rings. The zero-order chi connectivity index (χ0) is 16.4. The normalized spacial score (nSPS) is 20.7. The van der Waals surface area contributed by atoms with Crippen molar-refractivity contribution in [3.05, 3.63) is 42.1 Å². The van der Waals surface area contributed by atoms with E-state index in [9.17, 15) is 14.7 Å². The summed E-state index contributed by atoms with van der Waals surface area (Å²) in [7, 11) is 0. The molecule has 2 heterocycles. The lowest BCUT2D eigenvalue weighted by atomic mass is 9.90. The Bertz CT molecular complexity index is 762. The van der Waals surface area contributed by atoms with Crippen LogP contribution in [-0.4, -0.2) is 40.1 Å². The van der Waals surface area contributed by atoms with Gasteiger partial charge in [0.15, 0.2) is 0 Å². The Kier molecular flexibility index (Phi) is 3.90. The Labute approximate surface area is 134 Å². The summed E-state index contributed by atoms with van der Waals surface area (Å²) in [6.07, 6.45) is 0.476. The summed E-state index contributed by atoms with van der Waals surface area (Å²) in [5.74, 6) is -0.857. The van der Waals surface area contributed by atoms with Crippen LogP contribution in [0.15, 0.2) is 36.4 Å². The number of carbonyl (C=O) groups is 2. The SMILES string of the molecule is CC1(C(=O)O)CCN(C(=O)NCc2ccc3ccccc3n2)C1. The van der Waals surface area contributed by atoms with Gasteiger partial charge in [-0.05, 0) is 25.5 Å². The summed E-state index contributed by atoms with van der Waals surface area (Å²) < 4.78 is 0. The van der Waals surface area contributed by atoms with E-state index in [0.29, 0.717) is 19.5 Å². The van der Waals surface area contributed by atoms with E-state index in [1.165, 1.54) is 0 Å². The number of hydrogen-bond donors (Lipinski definition) is 2. The van der Waals surface area contributed by atoms with Gasteiger partial charge < -0.3 is 15.3 Å². The van der Waals surface area contributed by atoms with Gasteiger partial charge in [0.25, 0.3) is 0 Å². The molecule has 1 aromatic heterocycles. The number of nitrogens with one attached hydrogen (secondary N) is 1. The molecule has 23 heavy (non-hydrogen) atoms. The van der Waals surface area contributed by atoms with E-state index in [1.807, 2.05) is 36.4 Å². The van der Waals surface area contributed by atoms with Crippen LogP contribution in [0.2, 0.25) is 0 Å². The second-order valence-corrected chi connectivity index (χ2v) is 6.19. The van der Waals surface area contributed by atoms with Crippen molar-refractivity contribution in [3.63, 3.8) is 0 Å². The van der Waals surface area contributed by atoms with E-state index in [4.69, 9.17) is 0 Å². The third-order valence-electron chi connectivity index (χ3n) is 4.35. The van der Waals surface area contributed by atoms with Crippen LogP contribution >= 0.6 is 0 Å². The number of aliphatic carboxylic acids is 1. The summed E-state index contributed by atoms with van der Waals surface area (Å²) in [5, 5.41) is 13.1. The maximum absolute atomic E-state index is 12.2. The first-order chi connectivity index (χ1) is 11.0. The van der Waals surface area contributed by atoms with Crippen molar-refractivity contribution in [3.8, 4) is 0 Å². The van der Waals surface area contributed by atoms with Crippen LogP contribution in [-0.2, 0) is 11.3 Å². The van der Waals surface area contributed by atoms with Crippen LogP contribution in [0.1, 0.15) is 19.0 Å². The molecule has 0 saturated carbocycles. The number of benzene rings is 1. The first-order valence-electron chi connectivity index (χ1n) is 7.59. The van der Waals surface area contributed by atoms with Crippen LogP contribution in [0, 0.1) is 5.41 Å². The molecule has 1 aliphatic rings. The van der Waals surface area contributed by atoms with Gasteiger partial charge in [-0.3, -0.25) is 9.78 Å². The van der Waals surface area contributed by atoms with E-state index in [-0.39, 0.29) is 12.6 Å². The van der Waals surface area contributed by atoms with Gasteiger partial charge in [-0.15, -0.1) is 0 Å². The van der Waals surface area contributed by atoms with Crippen LogP contribution < -0.4 is 5.32 Å². The molecule has 2 amide bonds. The number of rotatable bonds is 3. The molecule has 0 bridgehead atoms. The highest BCUT2D eigenvalue weighted by atomic mass is 16.4. The summed E-state index contributed by atoms with van der Waals surface area (Å²) in [6, 6.07) is 11.4. The van der Waals surface area contributed by atoms with Gasteiger partial charge in [-0.25, -0.2) is 4.79 Å². The number of nitrogens with zero attached hydrogens (tertiary/aromatic N) is 2. The summed E-state index contributed by atoms with van der Waals surface area (Å²) >= 11 is 0. The van der Waals surface area contributed by atoms with Crippen molar-refractivity contribution in [2.45, 2.75) is 19.9 Å². The zero-order valence-electron chi connectivity index (χ0n) is 13.0. The maximum Gasteiger partial charge on any atom is 0.317 e. The highest BCUT2D eigenvalue weighted by molar-refractivity contribution is 5.80. The van der Waals surface area contributed by atoms with Crippen molar-refractivity contribution in [1.29, 1.82) is 0 Å². The van der Waals surface area contributed by atoms with Crippen molar-refractivity contribution in [2.75, 3.05) is 13.1 Å². The quantitative estimate of drug-likeness (QED) is 0.910. The molecule has 0 spiro atoms. The van der Waals surface area contributed by atoms with E-state index in [0.717, 1.165) is 16.6 Å². The zero-order valence-corrected chi connectivity index (χ0v) is 13.0. The fraction of sp³-hybridized carbons (Fsp3) is 0.353. The topological polar surface area (TPSA) is 82.5 Å². The van der Waals surface area contributed by atoms with Gasteiger partial charge in [0.1, 0.15) is 0 Å². The molecule has 3 rings (SSSR count). The molecule has 1 aromatic carbocycles. The predicted molar refractivity (Wildman–Crippen MR) is 85.9 cm³/mol. The first-order valence-corrected chi connectivity index (χ1v) is 7.59. The number of likely N-dealkylation sites (tertiary alicyclic amines) is 1. The van der Waals surface area contributed by atoms with Gasteiger partial charge in [0, 0.05) is 18.5 Å². The molecule has 1 atom stereocenters. The van der Waals surface area contributed by atoms with Crippen molar-refractivity contribution < 1.29 is 14.7 Å². The number of carbonyl (C=O) groups excluding carboxylic acids is 1. The Morgan fingerprint density at radius 1 is 1.30 bits per heavy atom. The number of carboxylic acids is 1. The minimum atomic E-state index is -0.857. The predicted octanol–water partition coefficient (Wildman–Crippen LogP) is 2.24. The highest BCUT2D eigenvalue weighted by Crippen LogP contribution is 2.29. The first kappa shape index (κ1) is 15.3. The fourth-order valence-corrected chi connectivity index (χ4v) is 2.79. The molecule has 6 heteroatoms. The number of hydrogen-bond acceptors (Lipinski definition) is 3. The fourth-order valence-electron chi connectivity index (χ4n) is 2.79. The van der Waals surface area contributed by atoms with Gasteiger partial charge in [-0.2, -0.15) is 0 Å². The maximum atomic E-state index is 12.2. The molecule has 1 unspecified atom stereocenters. The Morgan fingerprint density at radius 2 is 2.09 bits per heavy atom. The van der Waals surface area contributed by atoms with E-state index in [1.54, 1.807) is 11.8 Å². The Balaban J connectivity index is 1.61. The van der Waals surface area contributed by atoms with Crippen LogP contribution in [0.4, 0.5) is 4.79 Å². The van der Waals surface area contributed by atoms with Crippen LogP contribution in [0.25, 0.3) is 10.9 Å². The number of carboxylic acid groups (broad SMARTS) is 1. The lowest BCUT2D eigenvalue weighted by molar-refractivity contribution is -0.147. The molecule has 0 aliphatic carbocycles. The molecular weight excluding hydrogens is 294 g/mol. The summed E-state index contributed by atoms with van der Waals surface area (Å²) in [4.78, 5) is 29.5. The number of aromatic nitrogens is 1. The number of urea groups is 1. The van der Waals surface area contributed by atoms with Crippen molar-refractivity contribution in [2.24, 2.45) is 5.41 Å². The van der Waals surface area contributed by atoms with Gasteiger partial charge in [-0.1, -0.05) is 24.3 Å². The monoisotopic (exact) mass is 313 g/mol. The van der Waals surface area contributed by atoms with Gasteiger partial charge in [0.05, 0.1) is 23.2 Å². The van der Waals surface area contributed by atoms with Crippen molar-refractivity contribution in [1.82, 2.24) is 15.2 Å². The van der Waals surface area contributed by atoms with Gasteiger partial charge in [0.2, 0.25) is 0 Å². The number of para-hydroxylation sites is 1.